The number of hydrogen-bond acceptors (Lipinski definition) is 3. The van der Waals surface area contributed by atoms with E-state index < -0.39 is 6.61 Å². The highest BCUT2D eigenvalue weighted by atomic mass is 19.3. The van der Waals surface area contributed by atoms with Crippen molar-refractivity contribution in [3.05, 3.63) is 59.8 Å². The highest BCUT2D eigenvalue weighted by Gasteiger charge is 2.29. The van der Waals surface area contributed by atoms with Gasteiger partial charge in [-0.05, 0) is 36.2 Å². The van der Waals surface area contributed by atoms with Crippen LogP contribution in [0.15, 0.2) is 48.5 Å². The number of carbonyl (C=O) groups excluding carboxylic acids is 2. The van der Waals surface area contributed by atoms with Crippen molar-refractivity contribution in [1.29, 1.82) is 0 Å². The maximum atomic E-state index is 12.5. The van der Waals surface area contributed by atoms with E-state index in [-0.39, 0.29) is 29.2 Å². The van der Waals surface area contributed by atoms with E-state index in [0.29, 0.717) is 23.9 Å². The van der Waals surface area contributed by atoms with Crippen LogP contribution in [0.25, 0.3) is 10.9 Å². The molecule has 1 aliphatic heterocycles. The van der Waals surface area contributed by atoms with E-state index in [0.717, 1.165) is 11.3 Å². The van der Waals surface area contributed by atoms with Crippen molar-refractivity contribution in [1.82, 2.24) is 10.3 Å². The van der Waals surface area contributed by atoms with Gasteiger partial charge in [0.1, 0.15) is 11.4 Å². The van der Waals surface area contributed by atoms with Crippen LogP contribution in [0, 0.1) is 0 Å². The van der Waals surface area contributed by atoms with E-state index in [4.69, 9.17) is 0 Å². The van der Waals surface area contributed by atoms with E-state index in [2.05, 4.69) is 20.4 Å². The third-order valence-corrected chi connectivity index (χ3v) is 4.71. The van der Waals surface area contributed by atoms with Crippen molar-refractivity contribution in [2.75, 3.05) is 11.9 Å². The Morgan fingerprint density at radius 2 is 2.00 bits per heavy atom. The molecule has 3 N–H and O–H groups in total. The average molecular weight is 385 g/mol. The smallest absolute Gasteiger partial charge is 0.387 e. The molecular weight excluding hydrogens is 368 g/mol. The summed E-state index contributed by atoms with van der Waals surface area (Å²) in [6.07, 6.45) is 0.453. The summed E-state index contributed by atoms with van der Waals surface area (Å²) in [6.45, 7) is -2.65. The van der Waals surface area contributed by atoms with Crippen LogP contribution in [0.5, 0.6) is 5.75 Å². The molecule has 0 saturated heterocycles. The summed E-state index contributed by atoms with van der Waals surface area (Å²) in [5.41, 5.74) is 2.47. The summed E-state index contributed by atoms with van der Waals surface area (Å²) >= 11 is 0. The number of aromatic nitrogens is 1. The molecule has 1 atom stereocenters. The molecule has 1 unspecified atom stereocenters. The number of halogens is 2. The normalized spacial score (nSPS) is 15.5. The minimum absolute atomic E-state index is 0.00188. The molecule has 144 valence electrons. The van der Waals surface area contributed by atoms with Crippen LogP contribution in [0.3, 0.4) is 0 Å². The van der Waals surface area contributed by atoms with E-state index in [1.807, 2.05) is 24.3 Å². The highest BCUT2D eigenvalue weighted by Crippen LogP contribution is 2.34. The van der Waals surface area contributed by atoms with Crippen LogP contribution in [0.1, 0.15) is 28.4 Å². The molecular formula is C20H17F2N3O3. The van der Waals surface area contributed by atoms with Crippen molar-refractivity contribution in [3.8, 4) is 5.75 Å². The summed E-state index contributed by atoms with van der Waals surface area (Å²) in [5.74, 6) is -0.784. The molecule has 0 fully saturated rings. The van der Waals surface area contributed by atoms with Gasteiger partial charge in [0.2, 0.25) is 5.91 Å². The molecule has 1 aliphatic rings. The zero-order valence-corrected chi connectivity index (χ0v) is 14.7. The number of aromatic amines is 1. The third kappa shape index (κ3) is 3.40. The lowest BCUT2D eigenvalue weighted by molar-refractivity contribution is -0.117. The SMILES string of the molecule is O=C(NCCC1C(=O)Nc2ccccc21)c1cc2c(OC(F)F)cccc2[nH]1. The number of carbonyl (C=O) groups is 2. The monoisotopic (exact) mass is 385 g/mol. The van der Waals surface area contributed by atoms with Gasteiger partial charge < -0.3 is 20.4 Å². The first-order valence-corrected chi connectivity index (χ1v) is 8.77. The molecule has 0 aliphatic carbocycles. The lowest BCUT2D eigenvalue weighted by Crippen LogP contribution is -2.27. The molecule has 0 spiro atoms. The molecule has 8 heteroatoms. The van der Waals surface area contributed by atoms with Crippen LogP contribution in [0.4, 0.5) is 14.5 Å². The van der Waals surface area contributed by atoms with E-state index >= 15 is 0 Å². The van der Waals surface area contributed by atoms with Crippen LogP contribution < -0.4 is 15.4 Å². The Kier molecular flexibility index (Phi) is 4.68. The minimum atomic E-state index is -2.95. The van der Waals surface area contributed by atoms with Crippen LogP contribution in [-0.2, 0) is 4.79 Å². The zero-order chi connectivity index (χ0) is 19.7. The lowest BCUT2D eigenvalue weighted by atomic mass is 9.97. The fraction of sp³-hybridized carbons (Fsp3) is 0.200. The number of H-pyrrole nitrogens is 1. The Bertz CT molecular complexity index is 1050. The molecule has 2 heterocycles. The number of para-hydroxylation sites is 1. The minimum Gasteiger partial charge on any atom is -0.434 e. The number of amides is 2. The van der Waals surface area contributed by atoms with Gasteiger partial charge in [-0.1, -0.05) is 24.3 Å². The molecule has 0 saturated carbocycles. The lowest BCUT2D eigenvalue weighted by Gasteiger charge is -2.09. The van der Waals surface area contributed by atoms with Crippen molar-refractivity contribution < 1.29 is 23.1 Å². The molecule has 0 radical (unpaired) electrons. The summed E-state index contributed by atoms with van der Waals surface area (Å²) in [5, 5.41) is 5.98. The Balaban J connectivity index is 1.43. The Hall–Kier alpha value is -3.42. The number of alkyl halides is 2. The van der Waals surface area contributed by atoms with Gasteiger partial charge in [-0.2, -0.15) is 8.78 Å². The van der Waals surface area contributed by atoms with Crippen LogP contribution >= 0.6 is 0 Å². The molecule has 0 bridgehead atoms. The van der Waals surface area contributed by atoms with Crippen molar-refractivity contribution in [2.45, 2.75) is 19.0 Å². The quantitative estimate of drug-likeness (QED) is 0.606. The van der Waals surface area contributed by atoms with Gasteiger partial charge in [0, 0.05) is 23.1 Å². The Labute approximate surface area is 158 Å². The second-order valence-corrected chi connectivity index (χ2v) is 6.45. The van der Waals surface area contributed by atoms with Crippen LogP contribution in [-0.4, -0.2) is 30.0 Å². The molecule has 2 amide bonds. The Morgan fingerprint density at radius 3 is 2.82 bits per heavy atom. The fourth-order valence-electron chi connectivity index (χ4n) is 3.44. The van der Waals surface area contributed by atoms with E-state index in [9.17, 15) is 18.4 Å². The summed E-state index contributed by atoms with van der Waals surface area (Å²) in [4.78, 5) is 27.4. The first kappa shape index (κ1) is 18.0. The number of nitrogens with one attached hydrogen (secondary N) is 3. The van der Waals surface area contributed by atoms with Gasteiger partial charge in [-0.25, -0.2) is 0 Å². The number of benzene rings is 2. The topological polar surface area (TPSA) is 83.2 Å². The van der Waals surface area contributed by atoms with E-state index in [1.54, 1.807) is 12.1 Å². The molecule has 1 aromatic heterocycles. The van der Waals surface area contributed by atoms with Gasteiger partial charge >= 0.3 is 6.61 Å². The van der Waals surface area contributed by atoms with Crippen LogP contribution in [0.2, 0.25) is 0 Å². The maximum Gasteiger partial charge on any atom is 0.387 e. The van der Waals surface area contributed by atoms with Gasteiger partial charge in [0.25, 0.3) is 5.91 Å². The predicted molar refractivity (Wildman–Crippen MR) is 99.7 cm³/mol. The maximum absolute atomic E-state index is 12.5. The fourth-order valence-corrected chi connectivity index (χ4v) is 3.44. The Morgan fingerprint density at radius 1 is 1.18 bits per heavy atom. The number of hydrogen-bond donors (Lipinski definition) is 3. The number of ether oxygens (including phenoxy) is 1. The standard InChI is InChI=1S/C20H17F2N3O3/c21-20(22)28-17-7-3-6-15-13(17)10-16(24-15)19(27)23-9-8-12-11-4-1-2-5-14(11)25-18(12)26/h1-7,10,12,20,24H,8-9H2,(H,23,27)(H,25,26). The first-order chi connectivity index (χ1) is 13.5. The molecule has 28 heavy (non-hydrogen) atoms. The number of rotatable bonds is 6. The third-order valence-electron chi connectivity index (χ3n) is 4.71. The second-order valence-electron chi connectivity index (χ2n) is 6.45. The van der Waals surface area contributed by atoms with E-state index in [1.165, 1.54) is 12.1 Å². The average Bonchev–Trinajstić information content (AvgIpc) is 3.23. The van der Waals surface area contributed by atoms with Gasteiger partial charge in [0.15, 0.2) is 0 Å². The van der Waals surface area contributed by atoms with Gasteiger partial charge in [-0.3, -0.25) is 9.59 Å². The highest BCUT2D eigenvalue weighted by molar-refractivity contribution is 6.03. The van der Waals surface area contributed by atoms with Gasteiger partial charge in [-0.15, -0.1) is 0 Å². The summed E-state index contributed by atoms with van der Waals surface area (Å²) in [6, 6.07) is 13.6. The molecule has 2 aromatic carbocycles. The number of anilines is 1. The summed E-state index contributed by atoms with van der Waals surface area (Å²) < 4.78 is 29.5. The molecule has 6 nitrogen and oxygen atoms in total. The van der Waals surface area contributed by atoms with Gasteiger partial charge in [0.05, 0.1) is 5.92 Å². The zero-order valence-electron chi connectivity index (χ0n) is 14.7. The van der Waals surface area contributed by atoms with Crippen molar-refractivity contribution in [2.24, 2.45) is 0 Å². The van der Waals surface area contributed by atoms with Crippen molar-refractivity contribution in [3.63, 3.8) is 0 Å². The second kappa shape index (κ2) is 7.30. The first-order valence-electron chi connectivity index (χ1n) is 8.77. The molecule has 4 rings (SSSR count). The largest absolute Gasteiger partial charge is 0.434 e. The molecule has 3 aromatic rings. The number of fused-ring (bicyclic) bond motifs is 2. The summed E-state index contributed by atoms with van der Waals surface area (Å²) in [7, 11) is 0. The van der Waals surface area contributed by atoms with Crippen molar-refractivity contribution >= 4 is 28.4 Å². The predicted octanol–water partition coefficient (Wildman–Crippen LogP) is 3.63.